The van der Waals surface area contributed by atoms with E-state index in [-0.39, 0.29) is 24.1 Å². The van der Waals surface area contributed by atoms with Crippen LogP contribution in [0.5, 0.6) is 0 Å². The zero-order chi connectivity index (χ0) is 23.8. The highest BCUT2D eigenvalue weighted by atomic mass is 79.9. The van der Waals surface area contributed by atoms with Gasteiger partial charge in [-0.05, 0) is 59.3 Å². The normalized spacial score (nSPS) is 10.5. The topological polar surface area (TPSA) is 115 Å². The number of carbonyl (C=O) groups excluding carboxylic acids is 3. The van der Waals surface area contributed by atoms with E-state index in [1.54, 1.807) is 42.5 Å². The van der Waals surface area contributed by atoms with Crippen molar-refractivity contribution in [2.75, 3.05) is 18.2 Å². The Morgan fingerprint density at radius 1 is 1.09 bits per heavy atom. The van der Waals surface area contributed by atoms with E-state index in [0.29, 0.717) is 38.8 Å². The maximum absolute atomic E-state index is 12.4. The molecule has 0 radical (unpaired) electrons. The van der Waals surface area contributed by atoms with Gasteiger partial charge in [-0.25, -0.2) is 4.79 Å². The Hall–Kier alpha value is -3.18. The number of halogens is 1. The van der Waals surface area contributed by atoms with E-state index in [4.69, 9.17) is 0 Å². The number of carbonyl (C=O) groups is 3. The lowest BCUT2D eigenvalue weighted by Gasteiger charge is -2.09. The lowest BCUT2D eigenvalue weighted by atomic mass is 10.2. The Morgan fingerprint density at radius 2 is 1.82 bits per heavy atom. The minimum Gasteiger partial charge on any atom is -0.465 e. The van der Waals surface area contributed by atoms with Crippen LogP contribution in [-0.2, 0) is 22.6 Å². The maximum Gasteiger partial charge on any atom is 0.337 e. The minimum absolute atomic E-state index is 0.125. The van der Waals surface area contributed by atoms with Crippen molar-refractivity contribution < 1.29 is 19.1 Å². The Morgan fingerprint density at radius 3 is 2.48 bits per heavy atom. The summed E-state index contributed by atoms with van der Waals surface area (Å²) in [5.74, 6) is -0.162. The summed E-state index contributed by atoms with van der Waals surface area (Å²) in [6, 6.07) is 13.6. The average molecular weight is 532 g/mol. The summed E-state index contributed by atoms with van der Waals surface area (Å²) in [6.07, 6.45) is 0. The van der Waals surface area contributed by atoms with E-state index >= 15 is 0 Å². The van der Waals surface area contributed by atoms with Crippen LogP contribution in [0.25, 0.3) is 0 Å². The van der Waals surface area contributed by atoms with E-state index in [0.717, 1.165) is 0 Å². The van der Waals surface area contributed by atoms with Gasteiger partial charge in [0.25, 0.3) is 5.91 Å². The molecule has 2 amide bonds. The third-order valence-corrected chi connectivity index (χ3v) is 6.22. The summed E-state index contributed by atoms with van der Waals surface area (Å²) < 4.78 is 7.22. The summed E-state index contributed by atoms with van der Waals surface area (Å²) in [6.45, 7) is 2.74. The fourth-order valence-corrected chi connectivity index (χ4v) is 4.19. The number of thioether (sulfide) groups is 1. The van der Waals surface area contributed by atoms with Crippen molar-refractivity contribution in [1.82, 2.24) is 20.1 Å². The largest absolute Gasteiger partial charge is 0.465 e. The Kier molecular flexibility index (Phi) is 8.61. The van der Waals surface area contributed by atoms with E-state index in [2.05, 4.69) is 41.5 Å². The number of nitrogens with one attached hydrogen (secondary N) is 2. The number of anilines is 1. The molecule has 9 nitrogen and oxygen atoms in total. The van der Waals surface area contributed by atoms with Crippen molar-refractivity contribution in [3.63, 3.8) is 0 Å². The smallest absolute Gasteiger partial charge is 0.337 e. The zero-order valence-corrected chi connectivity index (χ0v) is 20.4. The quantitative estimate of drug-likeness (QED) is 0.320. The van der Waals surface area contributed by atoms with Crippen molar-refractivity contribution in [2.24, 2.45) is 0 Å². The molecule has 0 aliphatic rings. The summed E-state index contributed by atoms with van der Waals surface area (Å²) in [5, 5.41) is 14.5. The van der Waals surface area contributed by atoms with E-state index in [1.807, 2.05) is 17.6 Å². The van der Waals surface area contributed by atoms with E-state index in [9.17, 15) is 14.4 Å². The highest BCUT2D eigenvalue weighted by molar-refractivity contribution is 9.10. The van der Waals surface area contributed by atoms with Crippen LogP contribution in [0.15, 0.2) is 58.2 Å². The first-order valence-corrected chi connectivity index (χ1v) is 11.8. The van der Waals surface area contributed by atoms with Crippen LogP contribution in [0.3, 0.4) is 0 Å². The number of rotatable bonds is 9. The second-order valence-corrected chi connectivity index (χ2v) is 8.51. The second-order valence-electron chi connectivity index (χ2n) is 6.71. The van der Waals surface area contributed by atoms with Gasteiger partial charge in [-0.3, -0.25) is 9.59 Å². The molecular weight excluding hydrogens is 510 g/mol. The third kappa shape index (κ3) is 6.42. The van der Waals surface area contributed by atoms with Crippen LogP contribution >= 0.6 is 27.7 Å². The van der Waals surface area contributed by atoms with Crippen molar-refractivity contribution in [2.45, 2.75) is 25.2 Å². The van der Waals surface area contributed by atoms with Crippen LogP contribution in [0.2, 0.25) is 0 Å². The number of aromatic nitrogens is 3. The van der Waals surface area contributed by atoms with Crippen molar-refractivity contribution in [3.05, 3.63) is 70.0 Å². The lowest BCUT2D eigenvalue weighted by Crippen LogP contribution is -2.25. The van der Waals surface area contributed by atoms with Crippen LogP contribution in [0.1, 0.15) is 33.5 Å². The summed E-state index contributed by atoms with van der Waals surface area (Å²) in [4.78, 5) is 36.2. The van der Waals surface area contributed by atoms with Crippen LogP contribution < -0.4 is 10.6 Å². The molecule has 0 saturated heterocycles. The Balaban J connectivity index is 1.55. The maximum atomic E-state index is 12.4. The molecule has 0 aliphatic carbocycles. The number of hydrogen-bond acceptors (Lipinski definition) is 7. The molecule has 0 bridgehead atoms. The first-order chi connectivity index (χ1) is 15.9. The average Bonchev–Trinajstić information content (AvgIpc) is 3.23. The summed E-state index contributed by atoms with van der Waals surface area (Å²) >= 11 is 4.62. The SMILES string of the molecule is CCn1c(CNC(=O)c2ccccc2Br)nnc1SCC(=O)Nc1ccc(C(=O)OC)cc1. The fraction of sp³-hybridized carbons (Fsp3) is 0.227. The number of ether oxygens (including phenoxy) is 1. The Labute approximate surface area is 203 Å². The molecule has 1 heterocycles. The molecule has 11 heteroatoms. The summed E-state index contributed by atoms with van der Waals surface area (Å²) in [7, 11) is 1.31. The van der Waals surface area contributed by atoms with Gasteiger partial charge in [0.1, 0.15) is 0 Å². The third-order valence-electron chi connectivity index (χ3n) is 4.56. The molecule has 33 heavy (non-hydrogen) atoms. The summed E-state index contributed by atoms with van der Waals surface area (Å²) in [5.41, 5.74) is 1.51. The van der Waals surface area contributed by atoms with Crippen molar-refractivity contribution in [3.8, 4) is 0 Å². The molecular formula is C22H22BrN5O4S. The molecule has 0 atom stereocenters. The van der Waals surface area contributed by atoms with Gasteiger partial charge in [-0.15, -0.1) is 10.2 Å². The Bertz CT molecular complexity index is 1150. The van der Waals surface area contributed by atoms with Gasteiger partial charge in [0, 0.05) is 16.7 Å². The highest BCUT2D eigenvalue weighted by Crippen LogP contribution is 2.19. The van der Waals surface area contributed by atoms with E-state index in [1.165, 1.54) is 18.9 Å². The van der Waals surface area contributed by atoms with Gasteiger partial charge in [0.05, 0.1) is 30.5 Å². The molecule has 172 valence electrons. The van der Waals surface area contributed by atoms with Crippen LogP contribution in [0.4, 0.5) is 5.69 Å². The molecule has 0 aliphatic heterocycles. The molecule has 3 aromatic rings. The molecule has 0 unspecified atom stereocenters. The molecule has 0 fully saturated rings. The predicted molar refractivity (Wildman–Crippen MR) is 128 cm³/mol. The molecule has 1 aromatic heterocycles. The number of hydrogen-bond donors (Lipinski definition) is 2. The van der Waals surface area contributed by atoms with Gasteiger partial charge in [-0.1, -0.05) is 23.9 Å². The number of benzene rings is 2. The molecule has 3 rings (SSSR count). The predicted octanol–water partition coefficient (Wildman–Crippen LogP) is 3.51. The van der Waals surface area contributed by atoms with Gasteiger partial charge < -0.3 is 19.9 Å². The first-order valence-electron chi connectivity index (χ1n) is 9.98. The highest BCUT2D eigenvalue weighted by Gasteiger charge is 2.15. The van der Waals surface area contributed by atoms with Gasteiger partial charge in [0.2, 0.25) is 5.91 Å². The van der Waals surface area contributed by atoms with E-state index < -0.39 is 5.97 Å². The number of esters is 1. The molecule has 2 N–H and O–H groups in total. The monoisotopic (exact) mass is 531 g/mol. The van der Waals surface area contributed by atoms with Gasteiger partial charge in [0.15, 0.2) is 11.0 Å². The van der Waals surface area contributed by atoms with Crippen LogP contribution in [0, 0.1) is 0 Å². The molecule has 2 aromatic carbocycles. The van der Waals surface area contributed by atoms with Crippen molar-refractivity contribution >= 4 is 51.2 Å². The van der Waals surface area contributed by atoms with Gasteiger partial charge >= 0.3 is 5.97 Å². The molecule has 0 saturated carbocycles. The second kappa shape index (κ2) is 11.6. The standard InChI is InChI=1S/C22H22BrN5O4S/c1-3-28-18(12-24-20(30)16-6-4-5-7-17(16)23)26-27-22(28)33-13-19(29)25-15-10-8-14(9-11-15)21(31)32-2/h4-11H,3,12-13H2,1-2H3,(H,24,30)(H,25,29). The van der Waals surface area contributed by atoms with Crippen LogP contribution in [-0.4, -0.2) is 45.4 Å². The zero-order valence-electron chi connectivity index (χ0n) is 18.0. The number of methoxy groups -OCH3 is 1. The molecule has 0 spiro atoms. The first kappa shape index (κ1) is 24.5. The number of amides is 2. The lowest BCUT2D eigenvalue weighted by molar-refractivity contribution is -0.113. The number of nitrogens with zero attached hydrogens (tertiary/aromatic N) is 3. The van der Waals surface area contributed by atoms with Crippen molar-refractivity contribution in [1.29, 1.82) is 0 Å². The van der Waals surface area contributed by atoms with Gasteiger partial charge in [-0.2, -0.15) is 0 Å². The minimum atomic E-state index is -0.439. The fourth-order valence-electron chi connectivity index (χ4n) is 2.91.